The van der Waals surface area contributed by atoms with Gasteiger partial charge in [-0.1, -0.05) is 26.0 Å². The van der Waals surface area contributed by atoms with Crippen molar-refractivity contribution in [3.63, 3.8) is 0 Å². The minimum absolute atomic E-state index is 0.0467. The van der Waals surface area contributed by atoms with Gasteiger partial charge in [-0.2, -0.15) is 0 Å². The minimum atomic E-state index is -3.38. The monoisotopic (exact) mass is 496 g/mol. The molecular formula is C22H32N4O9. The molecule has 0 saturated heterocycles. The largest absolute Gasteiger partial charge is 0.481 e. The molecule has 0 aliphatic rings. The molecule has 1 rings (SSSR count). The van der Waals surface area contributed by atoms with E-state index in [1.807, 2.05) is 19.0 Å². The fourth-order valence-electron chi connectivity index (χ4n) is 3.93. The van der Waals surface area contributed by atoms with Crippen LogP contribution in [0.1, 0.15) is 36.7 Å². The summed E-state index contributed by atoms with van der Waals surface area (Å²) in [5.41, 5.74) is 3.16. The van der Waals surface area contributed by atoms with Gasteiger partial charge in [0.2, 0.25) is 0 Å². The van der Waals surface area contributed by atoms with Crippen molar-refractivity contribution in [1.82, 2.24) is 10.2 Å². The van der Waals surface area contributed by atoms with Crippen molar-refractivity contribution in [2.45, 2.75) is 43.9 Å². The van der Waals surface area contributed by atoms with E-state index in [2.05, 4.69) is 5.32 Å². The van der Waals surface area contributed by atoms with Gasteiger partial charge in [-0.15, -0.1) is 0 Å². The first-order valence-corrected chi connectivity index (χ1v) is 10.4. The number of rotatable bonds is 12. The van der Waals surface area contributed by atoms with E-state index in [0.717, 1.165) is 5.56 Å². The second kappa shape index (κ2) is 10.4. The van der Waals surface area contributed by atoms with E-state index in [1.165, 1.54) is 26.0 Å². The van der Waals surface area contributed by atoms with Gasteiger partial charge in [-0.25, -0.2) is 4.79 Å². The zero-order valence-electron chi connectivity index (χ0n) is 20.1. The molecule has 13 heteroatoms. The minimum Gasteiger partial charge on any atom is -0.481 e. The van der Waals surface area contributed by atoms with Crippen LogP contribution >= 0.6 is 0 Å². The number of hydrogen-bond acceptors (Lipinski definition) is 8. The predicted molar refractivity (Wildman–Crippen MR) is 122 cm³/mol. The van der Waals surface area contributed by atoms with Crippen LogP contribution in [0.4, 0.5) is 0 Å². The lowest BCUT2D eigenvalue weighted by Crippen LogP contribution is -2.83. The predicted octanol–water partition coefficient (Wildman–Crippen LogP) is -0.758. The Morgan fingerprint density at radius 1 is 0.914 bits per heavy atom. The number of carboxylic acid groups (broad SMARTS) is 4. The Balaban J connectivity index is 3.80. The van der Waals surface area contributed by atoms with Gasteiger partial charge in [0.1, 0.15) is 11.5 Å². The maximum atomic E-state index is 13.1. The van der Waals surface area contributed by atoms with Crippen molar-refractivity contribution in [3.05, 3.63) is 35.4 Å². The summed E-state index contributed by atoms with van der Waals surface area (Å²) in [6.07, 6.45) is 0. The fourth-order valence-corrected chi connectivity index (χ4v) is 3.93. The van der Waals surface area contributed by atoms with E-state index in [1.54, 1.807) is 12.1 Å². The summed E-state index contributed by atoms with van der Waals surface area (Å²) in [6.45, 7) is 3.66. The van der Waals surface area contributed by atoms with E-state index in [0.29, 0.717) is 13.5 Å². The number of carbonyl (C=O) groups is 5. The summed E-state index contributed by atoms with van der Waals surface area (Å²) in [4.78, 5) is 64.1. The molecule has 1 aromatic rings. The van der Waals surface area contributed by atoms with Gasteiger partial charge < -0.3 is 42.1 Å². The normalized spacial score (nSPS) is 17.5. The zero-order valence-corrected chi connectivity index (χ0v) is 20.1. The first-order valence-electron chi connectivity index (χ1n) is 10.4. The van der Waals surface area contributed by atoms with Gasteiger partial charge >= 0.3 is 23.9 Å². The van der Waals surface area contributed by atoms with Gasteiger partial charge in [0.25, 0.3) is 5.91 Å². The van der Waals surface area contributed by atoms with E-state index in [9.17, 15) is 44.4 Å². The standard InChI is InChI=1S/C22H32N4O9/c1-11(2)21(18(32)33,25-15(27)13-8-6-12(7-9-13)10-26(4)5)14(16(28)29)22(24,19(34)35)20(3,23)17(30)31/h6-9,11,14H,10,23-24H2,1-5H3,(H,25,27)(H,28,29)(H,30,31)(H,32,33)(H,34,35)/t14?,20-,21+,22+/m1/s1. The Bertz CT molecular complexity index is 1010. The Hall–Kier alpha value is -3.55. The Labute approximate surface area is 201 Å². The lowest BCUT2D eigenvalue weighted by molar-refractivity contribution is -0.176. The van der Waals surface area contributed by atoms with Crippen LogP contribution in [0.2, 0.25) is 0 Å². The summed E-state index contributed by atoms with van der Waals surface area (Å²) in [5.74, 6) is -13.2. The van der Waals surface area contributed by atoms with Crippen LogP contribution in [0.25, 0.3) is 0 Å². The molecule has 4 atom stereocenters. The summed E-state index contributed by atoms with van der Waals surface area (Å²) in [6, 6.07) is 5.97. The van der Waals surface area contributed by atoms with E-state index in [4.69, 9.17) is 11.5 Å². The van der Waals surface area contributed by atoms with Gasteiger partial charge in [0.15, 0.2) is 11.1 Å². The maximum Gasteiger partial charge on any atom is 0.330 e. The van der Waals surface area contributed by atoms with Crippen molar-refractivity contribution in [3.8, 4) is 0 Å². The molecule has 13 nitrogen and oxygen atoms in total. The first-order chi connectivity index (χ1) is 15.9. The molecule has 0 radical (unpaired) electrons. The molecule has 9 N–H and O–H groups in total. The lowest BCUT2D eigenvalue weighted by atomic mass is 9.59. The zero-order chi connectivity index (χ0) is 27.5. The highest BCUT2D eigenvalue weighted by Crippen LogP contribution is 2.39. The molecule has 0 bridgehead atoms. The number of benzene rings is 1. The number of nitrogens with one attached hydrogen (secondary N) is 1. The highest BCUT2D eigenvalue weighted by Gasteiger charge is 2.70. The number of nitrogens with zero attached hydrogens (tertiary/aromatic N) is 1. The number of aliphatic carboxylic acids is 4. The molecular weight excluding hydrogens is 464 g/mol. The smallest absolute Gasteiger partial charge is 0.330 e. The Morgan fingerprint density at radius 2 is 1.40 bits per heavy atom. The molecule has 35 heavy (non-hydrogen) atoms. The molecule has 0 aromatic heterocycles. The molecule has 0 saturated carbocycles. The highest BCUT2D eigenvalue weighted by atomic mass is 16.4. The molecule has 1 aromatic carbocycles. The van der Waals surface area contributed by atoms with Crippen LogP contribution in [-0.4, -0.2) is 85.8 Å². The van der Waals surface area contributed by atoms with Gasteiger partial charge in [-0.3, -0.25) is 19.2 Å². The molecule has 1 amide bonds. The number of carbonyl (C=O) groups excluding carboxylic acids is 1. The van der Waals surface area contributed by atoms with Crippen LogP contribution in [-0.2, 0) is 25.7 Å². The van der Waals surface area contributed by atoms with Crippen molar-refractivity contribution in [2.24, 2.45) is 23.3 Å². The Kier molecular flexibility index (Phi) is 8.74. The Morgan fingerprint density at radius 3 is 1.71 bits per heavy atom. The molecule has 0 heterocycles. The number of hydrogen-bond donors (Lipinski definition) is 7. The van der Waals surface area contributed by atoms with Crippen molar-refractivity contribution in [2.75, 3.05) is 14.1 Å². The van der Waals surface area contributed by atoms with Gasteiger partial charge in [0, 0.05) is 12.1 Å². The van der Waals surface area contributed by atoms with Crippen LogP contribution in [0.3, 0.4) is 0 Å². The van der Waals surface area contributed by atoms with Crippen LogP contribution in [0.5, 0.6) is 0 Å². The van der Waals surface area contributed by atoms with Gasteiger partial charge in [0.05, 0.1) is 0 Å². The third-order valence-corrected chi connectivity index (χ3v) is 6.12. The second-order valence-corrected chi connectivity index (χ2v) is 9.17. The van der Waals surface area contributed by atoms with E-state index in [-0.39, 0.29) is 5.56 Å². The van der Waals surface area contributed by atoms with Crippen molar-refractivity contribution >= 4 is 29.8 Å². The van der Waals surface area contributed by atoms with Crippen LogP contribution < -0.4 is 16.8 Å². The second-order valence-electron chi connectivity index (χ2n) is 9.17. The summed E-state index contributed by atoms with van der Waals surface area (Å²) < 4.78 is 0. The average molecular weight is 497 g/mol. The molecule has 0 aliphatic heterocycles. The molecule has 0 fully saturated rings. The maximum absolute atomic E-state index is 13.1. The quantitative estimate of drug-likeness (QED) is 0.189. The number of carboxylic acids is 4. The lowest BCUT2D eigenvalue weighted by Gasteiger charge is -2.49. The summed E-state index contributed by atoms with van der Waals surface area (Å²) in [7, 11) is 3.67. The number of amides is 1. The highest BCUT2D eigenvalue weighted by molar-refractivity contribution is 6.03. The fraction of sp³-hybridized carbons (Fsp3) is 0.500. The molecule has 194 valence electrons. The van der Waals surface area contributed by atoms with Crippen LogP contribution in [0, 0.1) is 11.8 Å². The van der Waals surface area contributed by atoms with Gasteiger partial charge in [-0.05, 0) is 44.6 Å². The topological polar surface area (TPSA) is 234 Å². The molecule has 1 unspecified atom stereocenters. The van der Waals surface area contributed by atoms with Crippen LogP contribution in [0.15, 0.2) is 24.3 Å². The van der Waals surface area contributed by atoms with E-state index < -0.39 is 58.2 Å². The summed E-state index contributed by atoms with van der Waals surface area (Å²) in [5, 5.41) is 41.8. The van der Waals surface area contributed by atoms with E-state index >= 15 is 0 Å². The number of nitrogens with two attached hydrogens (primary N) is 2. The third kappa shape index (κ3) is 5.26. The van der Waals surface area contributed by atoms with Crippen molar-refractivity contribution in [1.29, 1.82) is 0 Å². The first kappa shape index (κ1) is 29.5. The molecule has 0 aliphatic carbocycles. The summed E-state index contributed by atoms with van der Waals surface area (Å²) >= 11 is 0. The third-order valence-electron chi connectivity index (χ3n) is 6.12. The van der Waals surface area contributed by atoms with Crippen molar-refractivity contribution < 1.29 is 44.4 Å². The average Bonchev–Trinajstić information content (AvgIpc) is 2.71. The molecule has 0 spiro atoms. The SMILES string of the molecule is CC(C)[C@@](NC(=O)c1ccc(CN(C)C)cc1)(C(=O)O)C(C(=O)O)[C@](N)(C(=O)O)[C@](C)(N)C(=O)O.